The van der Waals surface area contributed by atoms with Gasteiger partial charge in [0, 0.05) is 28.2 Å². The summed E-state index contributed by atoms with van der Waals surface area (Å²) >= 11 is 0. The van der Waals surface area contributed by atoms with Gasteiger partial charge < -0.3 is 10.4 Å². The first-order chi connectivity index (χ1) is 14.8. The number of anilines is 1. The molecule has 3 saturated carbocycles. The molecular formula is C25H30N2O3S. The van der Waals surface area contributed by atoms with Crippen LogP contribution in [-0.2, 0) is 26.3 Å². The fourth-order valence-electron chi connectivity index (χ4n) is 4.54. The van der Waals surface area contributed by atoms with E-state index in [1.807, 2.05) is 24.3 Å². The molecule has 5 nitrogen and oxygen atoms in total. The molecule has 3 fully saturated rings. The van der Waals surface area contributed by atoms with Crippen molar-refractivity contribution in [1.29, 1.82) is 0 Å². The van der Waals surface area contributed by atoms with Crippen LogP contribution in [0.25, 0.3) is 0 Å². The first-order valence-corrected chi connectivity index (χ1v) is 13.2. The SMILES string of the molecule is C=S(=O)(CC1CC1)c1ccc(CC(=O)Nc2ccc(C(O)(C3CC3)C3CC3)cc2)nc1. The molecule has 0 saturated heterocycles. The number of aromatic nitrogens is 1. The zero-order valence-electron chi connectivity index (χ0n) is 17.8. The van der Waals surface area contributed by atoms with Crippen molar-refractivity contribution in [2.24, 2.45) is 17.8 Å². The van der Waals surface area contributed by atoms with Crippen molar-refractivity contribution in [2.45, 2.75) is 55.4 Å². The van der Waals surface area contributed by atoms with E-state index in [0.29, 0.717) is 39.8 Å². The summed E-state index contributed by atoms with van der Waals surface area (Å²) in [7, 11) is -2.29. The summed E-state index contributed by atoms with van der Waals surface area (Å²) in [6.07, 6.45) is 8.42. The maximum Gasteiger partial charge on any atom is 0.230 e. The Morgan fingerprint density at radius 2 is 1.71 bits per heavy atom. The minimum absolute atomic E-state index is 0.150. The Morgan fingerprint density at radius 3 is 2.23 bits per heavy atom. The fraction of sp³-hybridized carbons (Fsp3) is 0.480. The van der Waals surface area contributed by atoms with Crippen molar-refractivity contribution in [3.05, 3.63) is 53.9 Å². The van der Waals surface area contributed by atoms with Gasteiger partial charge in [0.2, 0.25) is 5.91 Å². The summed E-state index contributed by atoms with van der Waals surface area (Å²) in [5.41, 5.74) is 1.62. The lowest BCUT2D eigenvalue weighted by Crippen LogP contribution is -2.31. The molecule has 0 bridgehead atoms. The molecule has 0 radical (unpaired) electrons. The van der Waals surface area contributed by atoms with Gasteiger partial charge in [-0.3, -0.25) is 14.0 Å². The van der Waals surface area contributed by atoms with E-state index < -0.39 is 15.1 Å². The number of carbonyl (C=O) groups excluding carboxylic acids is 1. The molecule has 2 N–H and O–H groups in total. The Morgan fingerprint density at radius 1 is 1.06 bits per heavy atom. The number of hydrogen-bond donors (Lipinski definition) is 2. The smallest absolute Gasteiger partial charge is 0.230 e. The normalized spacial score (nSPS) is 20.8. The molecule has 164 valence electrons. The van der Waals surface area contributed by atoms with Crippen molar-refractivity contribution < 1.29 is 14.1 Å². The Balaban J connectivity index is 1.19. The van der Waals surface area contributed by atoms with E-state index in [-0.39, 0.29) is 12.3 Å². The zero-order valence-corrected chi connectivity index (χ0v) is 18.6. The average molecular weight is 439 g/mol. The summed E-state index contributed by atoms with van der Waals surface area (Å²) in [6, 6.07) is 11.2. The molecule has 0 aliphatic heterocycles. The molecule has 31 heavy (non-hydrogen) atoms. The summed E-state index contributed by atoms with van der Waals surface area (Å²) in [6.45, 7) is 0. The van der Waals surface area contributed by atoms with Gasteiger partial charge in [0.25, 0.3) is 0 Å². The molecule has 3 aliphatic carbocycles. The van der Waals surface area contributed by atoms with Gasteiger partial charge in [0.05, 0.1) is 12.0 Å². The highest BCUT2D eigenvalue weighted by Crippen LogP contribution is 2.57. The summed E-state index contributed by atoms with van der Waals surface area (Å²) in [5, 5.41) is 14.1. The molecule has 6 heteroatoms. The van der Waals surface area contributed by atoms with Crippen LogP contribution >= 0.6 is 0 Å². The third kappa shape index (κ3) is 4.55. The highest BCUT2D eigenvalue weighted by atomic mass is 32.2. The van der Waals surface area contributed by atoms with Crippen LogP contribution in [0.1, 0.15) is 49.8 Å². The van der Waals surface area contributed by atoms with Crippen LogP contribution < -0.4 is 5.32 Å². The summed E-state index contributed by atoms with van der Waals surface area (Å²) < 4.78 is 12.8. The summed E-state index contributed by atoms with van der Waals surface area (Å²) in [5.74, 6) is 5.68. The zero-order chi connectivity index (χ0) is 21.6. The molecule has 1 heterocycles. The lowest BCUT2D eigenvalue weighted by atomic mass is 9.84. The predicted molar refractivity (Wildman–Crippen MR) is 123 cm³/mol. The number of hydrogen-bond acceptors (Lipinski definition) is 4. The van der Waals surface area contributed by atoms with Crippen LogP contribution in [-0.4, -0.2) is 31.8 Å². The number of rotatable bonds is 9. The summed E-state index contributed by atoms with van der Waals surface area (Å²) in [4.78, 5) is 17.5. The van der Waals surface area contributed by atoms with E-state index in [9.17, 15) is 14.1 Å². The lowest BCUT2D eigenvalue weighted by molar-refractivity contribution is -0.115. The minimum Gasteiger partial charge on any atom is -0.385 e. The second-order valence-electron chi connectivity index (χ2n) is 9.58. The maximum atomic E-state index is 12.8. The Kier molecular flexibility index (Phi) is 5.18. The first kappa shape index (κ1) is 20.7. The van der Waals surface area contributed by atoms with Crippen molar-refractivity contribution in [2.75, 3.05) is 11.1 Å². The standard InChI is InChI=1S/C25H30N2O3S/c1-31(30,16-17-2-3-17)23-13-12-22(26-15-23)14-24(28)27-21-10-8-20(9-11-21)25(29,18-4-5-18)19-6-7-19/h8-13,15,17-19,29H,1-7,14,16H2,(H,27,28). The third-order valence-electron chi connectivity index (χ3n) is 6.80. The molecule has 5 rings (SSSR count). The molecule has 0 spiro atoms. The first-order valence-electron chi connectivity index (χ1n) is 11.3. The van der Waals surface area contributed by atoms with E-state index in [4.69, 9.17) is 0 Å². The number of aliphatic hydroxyl groups is 1. The van der Waals surface area contributed by atoms with Crippen LogP contribution in [0.4, 0.5) is 5.69 Å². The van der Waals surface area contributed by atoms with Crippen LogP contribution in [0.3, 0.4) is 0 Å². The monoisotopic (exact) mass is 438 g/mol. The minimum atomic E-state index is -2.29. The van der Waals surface area contributed by atoms with Gasteiger partial charge in [-0.1, -0.05) is 12.1 Å². The predicted octanol–water partition coefficient (Wildman–Crippen LogP) is 3.76. The molecule has 1 amide bonds. The number of carbonyl (C=O) groups is 1. The van der Waals surface area contributed by atoms with E-state index in [0.717, 1.165) is 44.1 Å². The van der Waals surface area contributed by atoms with E-state index >= 15 is 0 Å². The van der Waals surface area contributed by atoms with Crippen LogP contribution in [0.5, 0.6) is 0 Å². The second-order valence-corrected chi connectivity index (χ2v) is 12.0. The number of nitrogens with zero attached hydrogens (tertiary/aromatic N) is 1. The number of benzene rings is 1. The quantitative estimate of drug-likeness (QED) is 0.585. The molecule has 1 atom stereocenters. The third-order valence-corrected chi connectivity index (χ3v) is 8.91. The number of nitrogens with one attached hydrogen (secondary N) is 1. The Bertz CT molecular complexity index is 1050. The Labute approximate surface area is 184 Å². The van der Waals surface area contributed by atoms with Gasteiger partial charge in [-0.05, 0) is 101 Å². The van der Waals surface area contributed by atoms with Gasteiger partial charge in [-0.15, -0.1) is 0 Å². The van der Waals surface area contributed by atoms with Crippen molar-refractivity contribution in [3.63, 3.8) is 0 Å². The highest BCUT2D eigenvalue weighted by molar-refractivity contribution is 8.00. The van der Waals surface area contributed by atoms with E-state index in [1.165, 1.54) is 0 Å². The molecule has 1 unspecified atom stereocenters. The van der Waals surface area contributed by atoms with Crippen molar-refractivity contribution in [1.82, 2.24) is 4.98 Å². The highest BCUT2D eigenvalue weighted by Gasteiger charge is 2.54. The lowest BCUT2D eigenvalue weighted by Gasteiger charge is -2.29. The second kappa shape index (κ2) is 7.75. The van der Waals surface area contributed by atoms with Crippen molar-refractivity contribution >= 4 is 27.0 Å². The molecular weight excluding hydrogens is 408 g/mol. The van der Waals surface area contributed by atoms with Gasteiger partial charge >= 0.3 is 0 Å². The van der Waals surface area contributed by atoms with Crippen molar-refractivity contribution in [3.8, 4) is 0 Å². The van der Waals surface area contributed by atoms with Crippen LogP contribution in [0, 0.1) is 17.8 Å². The Hall–Kier alpha value is -2.18. The molecule has 1 aromatic heterocycles. The fourth-order valence-corrected chi connectivity index (χ4v) is 6.39. The van der Waals surface area contributed by atoms with Gasteiger partial charge in [0.1, 0.15) is 0 Å². The number of pyridine rings is 1. The average Bonchev–Trinajstić information content (AvgIpc) is 3.59. The van der Waals surface area contributed by atoms with Crippen LogP contribution in [0.2, 0.25) is 0 Å². The molecule has 2 aromatic rings. The largest absolute Gasteiger partial charge is 0.385 e. The maximum absolute atomic E-state index is 12.8. The van der Waals surface area contributed by atoms with Gasteiger partial charge in [-0.2, -0.15) is 0 Å². The van der Waals surface area contributed by atoms with E-state index in [1.54, 1.807) is 18.3 Å². The topological polar surface area (TPSA) is 79.3 Å². The van der Waals surface area contributed by atoms with Gasteiger partial charge in [-0.25, -0.2) is 0 Å². The molecule has 1 aromatic carbocycles. The number of amides is 1. The van der Waals surface area contributed by atoms with Crippen LogP contribution in [0.15, 0.2) is 47.5 Å². The van der Waals surface area contributed by atoms with E-state index in [2.05, 4.69) is 16.2 Å². The van der Waals surface area contributed by atoms with Gasteiger partial charge in [0.15, 0.2) is 0 Å². The molecule has 3 aliphatic rings.